The number of nitrogens with zero attached hydrogens (tertiary/aromatic N) is 1. The van der Waals surface area contributed by atoms with E-state index in [0.717, 1.165) is 38.8 Å². The summed E-state index contributed by atoms with van der Waals surface area (Å²) >= 11 is 6.14. The molecule has 2 unspecified atom stereocenters. The van der Waals surface area contributed by atoms with E-state index in [0.29, 0.717) is 40.7 Å². The van der Waals surface area contributed by atoms with Crippen LogP contribution in [0.4, 0.5) is 5.69 Å². The number of piperidine rings is 2. The van der Waals surface area contributed by atoms with E-state index in [1.165, 1.54) is 19.3 Å². The monoisotopic (exact) mass is 389 g/mol. The Bertz CT molecular complexity index is 705. The molecule has 3 saturated heterocycles. The van der Waals surface area contributed by atoms with Gasteiger partial charge in [-0.3, -0.25) is 9.59 Å². The fraction of sp³-hybridized carbons (Fsp3) is 0.619. The maximum Gasteiger partial charge on any atom is 0.255 e. The van der Waals surface area contributed by atoms with E-state index in [4.69, 9.17) is 11.6 Å². The molecule has 0 radical (unpaired) electrons. The van der Waals surface area contributed by atoms with Gasteiger partial charge in [0.2, 0.25) is 5.91 Å². The van der Waals surface area contributed by atoms with Crippen molar-refractivity contribution in [3.05, 3.63) is 28.8 Å². The van der Waals surface area contributed by atoms with Crippen LogP contribution in [0.15, 0.2) is 18.2 Å². The quantitative estimate of drug-likeness (QED) is 0.822. The standard InChI is InChI=1S/C21H28ClN3O2/c22-15-4-7-18(21(27)25-8-2-1-3-9-25)19(13-15)24-20(26)12-14-10-16-5-6-17(11-14)23-16/h4,7,13-14,16-17,23H,1-3,5-6,8-12H2,(H,24,26). The minimum atomic E-state index is -0.0174. The van der Waals surface area contributed by atoms with E-state index >= 15 is 0 Å². The SMILES string of the molecule is O=C(CC1CC2CCC(C1)N2)Nc1cc(Cl)ccc1C(=O)N1CCCCC1. The zero-order valence-electron chi connectivity index (χ0n) is 15.7. The molecular weight excluding hydrogens is 362 g/mol. The van der Waals surface area contributed by atoms with Gasteiger partial charge in [-0.05, 0) is 69.1 Å². The fourth-order valence-electron chi connectivity index (χ4n) is 4.88. The third kappa shape index (κ3) is 4.46. The molecule has 4 rings (SSSR count). The zero-order valence-corrected chi connectivity index (χ0v) is 16.4. The first-order chi connectivity index (χ1) is 13.1. The third-order valence-corrected chi connectivity index (χ3v) is 6.41. The molecule has 0 aliphatic carbocycles. The van der Waals surface area contributed by atoms with Crippen LogP contribution in [0.3, 0.4) is 0 Å². The highest BCUT2D eigenvalue weighted by molar-refractivity contribution is 6.31. The molecule has 146 valence electrons. The molecule has 2 bridgehead atoms. The van der Waals surface area contributed by atoms with E-state index in [1.54, 1.807) is 18.2 Å². The lowest BCUT2D eigenvalue weighted by molar-refractivity contribution is -0.117. The number of halogens is 1. The number of carbonyl (C=O) groups is 2. The first-order valence-corrected chi connectivity index (χ1v) is 10.6. The summed E-state index contributed by atoms with van der Waals surface area (Å²) in [5, 5.41) is 7.12. The van der Waals surface area contributed by atoms with Crippen molar-refractivity contribution >= 4 is 29.1 Å². The Kier molecular flexibility index (Phi) is 5.69. The molecule has 2 N–H and O–H groups in total. The highest BCUT2D eigenvalue weighted by atomic mass is 35.5. The van der Waals surface area contributed by atoms with Crippen LogP contribution in [0.5, 0.6) is 0 Å². The Morgan fingerprint density at radius 3 is 2.52 bits per heavy atom. The zero-order chi connectivity index (χ0) is 18.8. The van der Waals surface area contributed by atoms with Crippen LogP contribution in [0.1, 0.15) is 61.7 Å². The second-order valence-electron chi connectivity index (χ2n) is 8.27. The van der Waals surface area contributed by atoms with Crippen LogP contribution >= 0.6 is 11.6 Å². The van der Waals surface area contributed by atoms with Crippen molar-refractivity contribution in [2.45, 2.75) is 63.5 Å². The molecule has 3 fully saturated rings. The number of benzene rings is 1. The number of carbonyl (C=O) groups excluding carboxylic acids is 2. The highest BCUT2D eigenvalue weighted by Crippen LogP contribution is 2.33. The molecule has 0 spiro atoms. The highest BCUT2D eigenvalue weighted by Gasteiger charge is 2.34. The Labute approximate surface area is 165 Å². The first kappa shape index (κ1) is 18.8. The van der Waals surface area contributed by atoms with Gasteiger partial charge in [0.1, 0.15) is 0 Å². The number of rotatable bonds is 4. The number of amides is 2. The molecule has 5 nitrogen and oxygen atoms in total. The van der Waals surface area contributed by atoms with E-state index in [9.17, 15) is 9.59 Å². The van der Waals surface area contributed by atoms with Gasteiger partial charge in [-0.1, -0.05) is 11.6 Å². The minimum Gasteiger partial charge on any atom is -0.339 e. The molecule has 0 saturated carbocycles. The Hall–Kier alpha value is -1.59. The Balaban J connectivity index is 1.43. The predicted octanol–water partition coefficient (Wildman–Crippen LogP) is 3.83. The van der Waals surface area contributed by atoms with Crippen molar-refractivity contribution in [2.75, 3.05) is 18.4 Å². The molecule has 0 aromatic heterocycles. The van der Waals surface area contributed by atoms with Crippen molar-refractivity contribution in [1.82, 2.24) is 10.2 Å². The number of nitrogens with one attached hydrogen (secondary N) is 2. The van der Waals surface area contributed by atoms with Gasteiger partial charge in [-0.15, -0.1) is 0 Å². The van der Waals surface area contributed by atoms with Gasteiger partial charge in [0.15, 0.2) is 0 Å². The van der Waals surface area contributed by atoms with Crippen LogP contribution in [-0.4, -0.2) is 41.9 Å². The lowest BCUT2D eigenvalue weighted by Gasteiger charge is -2.29. The topological polar surface area (TPSA) is 61.4 Å². The van der Waals surface area contributed by atoms with Crippen LogP contribution in [0.25, 0.3) is 0 Å². The van der Waals surface area contributed by atoms with E-state index in [1.807, 2.05) is 4.90 Å². The third-order valence-electron chi connectivity index (χ3n) is 6.17. The maximum absolute atomic E-state index is 12.9. The number of anilines is 1. The molecule has 2 amide bonds. The van der Waals surface area contributed by atoms with E-state index < -0.39 is 0 Å². The Morgan fingerprint density at radius 1 is 1.11 bits per heavy atom. The summed E-state index contributed by atoms with van der Waals surface area (Å²) in [4.78, 5) is 27.5. The van der Waals surface area contributed by atoms with Gasteiger partial charge >= 0.3 is 0 Å². The molecule has 3 aliphatic rings. The summed E-state index contributed by atoms with van der Waals surface area (Å²) in [7, 11) is 0. The van der Waals surface area contributed by atoms with Crippen LogP contribution in [0.2, 0.25) is 5.02 Å². The van der Waals surface area contributed by atoms with Gasteiger partial charge in [0, 0.05) is 36.6 Å². The molecule has 1 aromatic rings. The van der Waals surface area contributed by atoms with Gasteiger partial charge in [-0.2, -0.15) is 0 Å². The summed E-state index contributed by atoms with van der Waals surface area (Å²) in [6, 6.07) is 6.30. The molecule has 3 aliphatic heterocycles. The van der Waals surface area contributed by atoms with Gasteiger partial charge < -0.3 is 15.5 Å². The summed E-state index contributed by atoms with van der Waals surface area (Å²) in [5.41, 5.74) is 1.08. The summed E-state index contributed by atoms with van der Waals surface area (Å²) < 4.78 is 0. The average Bonchev–Trinajstić information content (AvgIpc) is 3.00. The summed E-state index contributed by atoms with van der Waals surface area (Å²) in [6.45, 7) is 1.57. The molecule has 2 atom stereocenters. The van der Waals surface area contributed by atoms with Crippen molar-refractivity contribution in [3.63, 3.8) is 0 Å². The normalized spacial score (nSPS) is 27.4. The van der Waals surface area contributed by atoms with Crippen molar-refractivity contribution in [1.29, 1.82) is 0 Å². The lowest BCUT2D eigenvalue weighted by atomic mass is 9.89. The number of fused-ring (bicyclic) bond motifs is 2. The molecule has 1 aromatic carbocycles. The maximum atomic E-state index is 12.9. The number of hydrogen-bond acceptors (Lipinski definition) is 3. The first-order valence-electron chi connectivity index (χ1n) is 10.2. The van der Waals surface area contributed by atoms with Gasteiger partial charge in [0.25, 0.3) is 5.91 Å². The number of likely N-dealkylation sites (tertiary alicyclic amines) is 1. The second-order valence-corrected chi connectivity index (χ2v) is 8.71. The van der Waals surface area contributed by atoms with Crippen molar-refractivity contribution in [3.8, 4) is 0 Å². The van der Waals surface area contributed by atoms with E-state index in [-0.39, 0.29) is 11.8 Å². The second kappa shape index (κ2) is 8.19. The molecule has 3 heterocycles. The molecule has 27 heavy (non-hydrogen) atoms. The summed E-state index contributed by atoms with van der Waals surface area (Å²) in [5.74, 6) is 0.391. The van der Waals surface area contributed by atoms with Crippen LogP contribution in [0, 0.1) is 5.92 Å². The molecular formula is C21H28ClN3O2. The lowest BCUT2D eigenvalue weighted by Crippen LogP contribution is -2.39. The van der Waals surface area contributed by atoms with Crippen LogP contribution in [-0.2, 0) is 4.79 Å². The average molecular weight is 390 g/mol. The van der Waals surface area contributed by atoms with Crippen LogP contribution < -0.4 is 10.6 Å². The van der Waals surface area contributed by atoms with Crippen molar-refractivity contribution < 1.29 is 9.59 Å². The smallest absolute Gasteiger partial charge is 0.255 e. The largest absolute Gasteiger partial charge is 0.339 e. The van der Waals surface area contributed by atoms with Gasteiger partial charge in [-0.25, -0.2) is 0 Å². The fourth-order valence-corrected chi connectivity index (χ4v) is 5.05. The number of hydrogen-bond donors (Lipinski definition) is 2. The summed E-state index contributed by atoms with van der Waals surface area (Å²) in [6.07, 6.45) is 8.36. The molecule has 6 heteroatoms. The van der Waals surface area contributed by atoms with E-state index in [2.05, 4.69) is 10.6 Å². The van der Waals surface area contributed by atoms with Gasteiger partial charge in [0.05, 0.1) is 11.3 Å². The van der Waals surface area contributed by atoms with Crippen molar-refractivity contribution in [2.24, 2.45) is 5.92 Å². The predicted molar refractivity (Wildman–Crippen MR) is 107 cm³/mol. The minimum absolute atomic E-state index is 0.0124. The Morgan fingerprint density at radius 2 is 1.81 bits per heavy atom.